The Hall–Kier alpha value is -0.370. The molecule has 8 heteroatoms. The van der Waals surface area contributed by atoms with E-state index in [0.29, 0.717) is 0 Å². The Bertz CT molecular complexity index is 515. The van der Waals surface area contributed by atoms with Crippen LogP contribution in [-0.2, 0) is 10.0 Å². The summed E-state index contributed by atoms with van der Waals surface area (Å²) in [6.45, 7) is 0.612. The van der Waals surface area contributed by atoms with E-state index in [0.717, 1.165) is 0 Å². The highest BCUT2D eigenvalue weighted by atomic mass is 35.5. The number of rotatable bonds is 6. The average Bonchev–Trinajstić information content (AvgIpc) is 2.35. The Balaban J connectivity index is 3.17. The summed E-state index contributed by atoms with van der Waals surface area (Å²) >= 11 is 11.5. The Morgan fingerprint density at radius 2 is 1.63 bits per heavy atom. The number of aliphatic hydroxyl groups is 2. The van der Waals surface area contributed by atoms with Crippen molar-refractivity contribution in [2.24, 2.45) is 0 Å². The molecule has 0 unspecified atom stereocenters. The van der Waals surface area contributed by atoms with Gasteiger partial charge in [-0.25, -0.2) is 13.1 Å². The average molecular weight is 328 g/mol. The fraction of sp³-hybridized carbons (Fsp3) is 0.455. The molecule has 0 aromatic heterocycles. The molecular formula is C11H15Cl2NO4S. The van der Waals surface area contributed by atoms with Crippen LogP contribution in [0.2, 0.25) is 10.0 Å². The van der Waals surface area contributed by atoms with Crippen molar-refractivity contribution >= 4 is 33.2 Å². The number of halogens is 2. The molecular weight excluding hydrogens is 313 g/mol. The summed E-state index contributed by atoms with van der Waals surface area (Å²) in [7, 11) is -3.94. The van der Waals surface area contributed by atoms with Gasteiger partial charge >= 0.3 is 0 Å². The van der Waals surface area contributed by atoms with E-state index in [1.165, 1.54) is 18.2 Å². The number of sulfonamides is 1. The molecule has 0 amide bonds. The number of aliphatic hydroxyl groups excluding tert-OH is 2. The van der Waals surface area contributed by atoms with Crippen LogP contribution in [-0.4, -0.2) is 37.4 Å². The standard InChI is InChI=1S/C11H15Cl2NO4S/c1-2-11(6-15,7-16)14-19(17,18)10-4-8(12)3-9(13)5-10/h3-5,14-16H,2,6-7H2,1H3. The van der Waals surface area contributed by atoms with E-state index >= 15 is 0 Å². The minimum atomic E-state index is -3.94. The number of benzene rings is 1. The molecule has 0 spiro atoms. The van der Waals surface area contributed by atoms with Crippen LogP contribution in [0, 0.1) is 0 Å². The quantitative estimate of drug-likeness (QED) is 0.737. The van der Waals surface area contributed by atoms with Crippen molar-refractivity contribution in [1.82, 2.24) is 4.72 Å². The second kappa shape index (κ2) is 6.39. The highest BCUT2D eigenvalue weighted by molar-refractivity contribution is 7.89. The summed E-state index contributed by atoms with van der Waals surface area (Å²) in [5, 5.41) is 18.9. The Kier molecular flexibility index (Phi) is 5.61. The molecule has 0 saturated heterocycles. The molecule has 0 aliphatic carbocycles. The molecule has 0 radical (unpaired) electrons. The molecule has 0 bridgehead atoms. The monoisotopic (exact) mass is 327 g/mol. The highest BCUT2D eigenvalue weighted by Gasteiger charge is 2.32. The first-order valence-corrected chi connectivity index (χ1v) is 7.74. The second-order valence-corrected chi connectivity index (χ2v) is 6.72. The number of hydrogen-bond acceptors (Lipinski definition) is 4. The molecule has 19 heavy (non-hydrogen) atoms. The number of nitrogens with one attached hydrogen (secondary N) is 1. The lowest BCUT2D eigenvalue weighted by atomic mass is 10.0. The first-order valence-electron chi connectivity index (χ1n) is 5.50. The molecule has 0 fully saturated rings. The Morgan fingerprint density at radius 1 is 1.16 bits per heavy atom. The third kappa shape index (κ3) is 4.05. The fourth-order valence-electron chi connectivity index (χ4n) is 1.44. The smallest absolute Gasteiger partial charge is 0.241 e. The molecule has 0 aliphatic heterocycles. The van der Waals surface area contributed by atoms with Crippen molar-refractivity contribution in [3.05, 3.63) is 28.2 Å². The SMILES string of the molecule is CCC(CO)(CO)NS(=O)(=O)c1cc(Cl)cc(Cl)c1. The first-order chi connectivity index (χ1) is 8.78. The van der Waals surface area contributed by atoms with Gasteiger partial charge in [0.05, 0.1) is 23.6 Å². The molecule has 0 saturated carbocycles. The van der Waals surface area contributed by atoms with Gasteiger partial charge in [-0.3, -0.25) is 0 Å². The molecule has 1 rings (SSSR count). The van der Waals surface area contributed by atoms with Gasteiger partial charge in [0.15, 0.2) is 0 Å². The summed E-state index contributed by atoms with van der Waals surface area (Å²) < 4.78 is 26.6. The molecule has 1 aromatic rings. The van der Waals surface area contributed by atoms with Gasteiger partial charge in [0.2, 0.25) is 10.0 Å². The van der Waals surface area contributed by atoms with Crippen molar-refractivity contribution < 1.29 is 18.6 Å². The van der Waals surface area contributed by atoms with E-state index in [4.69, 9.17) is 23.2 Å². The fourth-order valence-corrected chi connectivity index (χ4v) is 3.62. The summed E-state index contributed by atoms with van der Waals surface area (Å²) in [5.74, 6) is 0. The minimum absolute atomic E-state index is 0.121. The summed E-state index contributed by atoms with van der Waals surface area (Å²) in [6, 6.07) is 3.89. The lowest BCUT2D eigenvalue weighted by molar-refractivity contribution is 0.105. The summed E-state index contributed by atoms with van der Waals surface area (Å²) in [5.41, 5.74) is -1.31. The summed E-state index contributed by atoms with van der Waals surface area (Å²) in [6.07, 6.45) is 0.230. The molecule has 1 aromatic carbocycles. The van der Waals surface area contributed by atoms with Crippen molar-refractivity contribution in [1.29, 1.82) is 0 Å². The lowest BCUT2D eigenvalue weighted by Crippen LogP contribution is -2.53. The maximum atomic E-state index is 12.2. The normalized spacial score (nSPS) is 12.7. The van der Waals surface area contributed by atoms with E-state index in [9.17, 15) is 18.6 Å². The van der Waals surface area contributed by atoms with Gasteiger partial charge in [0.25, 0.3) is 0 Å². The van der Waals surface area contributed by atoms with Crippen LogP contribution in [0.1, 0.15) is 13.3 Å². The van der Waals surface area contributed by atoms with Gasteiger partial charge in [-0.2, -0.15) is 0 Å². The Labute approximate surface area is 122 Å². The topological polar surface area (TPSA) is 86.6 Å². The second-order valence-electron chi connectivity index (χ2n) is 4.16. The van der Waals surface area contributed by atoms with Crippen LogP contribution in [0.5, 0.6) is 0 Å². The van der Waals surface area contributed by atoms with Crippen LogP contribution in [0.15, 0.2) is 23.1 Å². The highest BCUT2D eigenvalue weighted by Crippen LogP contribution is 2.23. The van der Waals surface area contributed by atoms with Gasteiger partial charge in [-0.05, 0) is 24.6 Å². The van der Waals surface area contributed by atoms with E-state index in [-0.39, 0.29) is 21.4 Å². The molecule has 0 aliphatic rings. The third-order valence-corrected chi connectivity index (χ3v) is 4.77. The van der Waals surface area contributed by atoms with Crippen molar-refractivity contribution in [2.45, 2.75) is 23.8 Å². The zero-order valence-electron chi connectivity index (χ0n) is 10.2. The molecule has 0 heterocycles. The molecule has 5 nitrogen and oxygen atoms in total. The van der Waals surface area contributed by atoms with Gasteiger partial charge < -0.3 is 10.2 Å². The van der Waals surface area contributed by atoms with E-state index in [1.54, 1.807) is 6.92 Å². The van der Waals surface area contributed by atoms with Crippen molar-refractivity contribution in [3.63, 3.8) is 0 Å². The van der Waals surface area contributed by atoms with Gasteiger partial charge in [-0.1, -0.05) is 30.1 Å². The predicted octanol–water partition coefficient (Wildman–Crippen LogP) is 1.41. The minimum Gasteiger partial charge on any atom is -0.394 e. The maximum absolute atomic E-state index is 12.2. The summed E-state index contributed by atoms with van der Waals surface area (Å²) in [4.78, 5) is -0.121. The molecule has 108 valence electrons. The van der Waals surface area contributed by atoms with E-state index < -0.39 is 28.8 Å². The largest absolute Gasteiger partial charge is 0.394 e. The van der Waals surface area contributed by atoms with E-state index in [2.05, 4.69) is 4.72 Å². The van der Waals surface area contributed by atoms with Crippen LogP contribution >= 0.6 is 23.2 Å². The van der Waals surface area contributed by atoms with Gasteiger partial charge in [-0.15, -0.1) is 0 Å². The van der Waals surface area contributed by atoms with Crippen molar-refractivity contribution in [2.75, 3.05) is 13.2 Å². The van der Waals surface area contributed by atoms with Gasteiger partial charge in [0.1, 0.15) is 0 Å². The van der Waals surface area contributed by atoms with Crippen LogP contribution < -0.4 is 4.72 Å². The molecule has 0 atom stereocenters. The molecule has 3 N–H and O–H groups in total. The Morgan fingerprint density at radius 3 is 2.00 bits per heavy atom. The van der Waals surface area contributed by atoms with Gasteiger partial charge in [0, 0.05) is 10.0 Å². The van der Waals surface area contributed by atoms with Crippen molar-refractivity contribution in [3.8, 4) is 0 Å². The van der Waals surface area contributed by atoms with E-state index in [1.807, 2.05) is 0 Å². The first kappa shape index (κ1) is 16.7. The zero-order chi connectivity index (χ0) is 14.7. The van der Waals surface area contributed by atoms with Crippen LogP contribution in [0.4, 0.5) is 0 Å². The lowest BCUT2D eigenvalue weighted by Gasteiger charge is -2.29. The van der Waals surface area contributed by atoms with Crippen LogP contribution in [0.25, 0.3) is 0 Å². The van der Waals surface area contributed by atoms with Crippen LogP contribution in [0.3, 0.4) is 0 Å². The predicted molar refractivity (Wildman–Crippen MR) is 74.0 cm³/mol. The maximum Gasteiger partial charge on any atom is 0.241 e. The third-order valence-electron chi connectivity index (χ3n) is 2.78. The zero-order valence-corrected chi connectivity index (χ0v) is 12.6. The number of hydrogen-bond donors (Lipinski definition) is 3.